The number of halogens is 1. The zero-order valence-electron chi connectivity index (χ0n) is 18.9. The van der Waals surface area contributed by atoms with Gasteiger partial charge in [-0.1, -0.05) is 67.1 Å². The predicted octanol–water partition coefficient (Wildman–Crippen LogP) is 5.27. The van der Waals surface area contributed by atoms with Crippen molar-refractivity contribution < 1.29 is 14.7 Å². The minimum atomic E-state index is -0.799. The Morgan fingerprint density at radius 1 is 0.909 bits per heavy atom. The molecule has 2 N–H and O–H groups in total. The smallest absolute Gasteiger partial charge is 0.320 e. The molecule has 5 nitrogen and oxygen atoms in total. The summed E-state index contributed by atoms with van der Waals surface area (Å²) < 4.78 is 0. The zero-order chi connectivity index (χ0) is 23.8. The van der Waals surface area contributed by atoms with Crippen molar-refractivity contribution in [2.45, 2.75) is 32.4 Å². The van der Waals surface area contributed by atoms with Crippen molar-refractivity contribution in [3.63, 3.8) is 0 Å². The number of aliphatic carboxylic acids is 1. The van der Waals surface area contributed by atoms with Crippen molar-refractivity contribution in [3.8, 4) is 11.1 Å². The molecule has 1 atom stereocenters. The van der Waals surface area contributed by atoms with Gasteiger partial charge < -0.3 is 10.4 Å². The highest BCUT2D eigenvalue weighted by molar-refractivity contribution is 6.30. The number of nitrogens with one attached hydrogen (secondary N) is 1. The van der Waals surface area contributed by atoms with Crippen molar-refractivity contribution in [1.29, 1.82) is 0 Å². The molecular weight excluding hydrogens is 436 g/mol. The maximum Gasteiger partial charge on any atom is 0.320 e. The Morgan fingerprint density at radius 2 is 1.45 bits per heavy atom. The second kappa shape index (κ2) is 11.6. The minimum absolute atomic E-state index is 0.102. The summed E-state index contributed by atoms with van der Waals surface area (Å²) >= 11 is 5.94. The van der Waals surface area contributed by atoms with Crippen LogP contribution in [0.25, 0.3) is 11.1 Å². The van der Waals surface area contributed by atoms with Gasteiger partial charge in [-0.2, -0.15) is 0 Å². The largest absolute Gasteiger partial charge is 0.480 e. The Morgan fingerprint density at radius 3 is 2.00 bits per heavy atom. The number of amides is 1. The number of hydrogen-bond donors (Lipinski definition) is 2. The van der Waals surface area contributed by atoms with Gasteiger partial charge >= 0.3 is 5.97 Å². The molecule has 172 valence electrons. The van der Waals surface area contributed by atoms with Gasteiger partial charge in [-0.3, -0.25) is 14.5 Å². The van der Waals surface area contributed by atoms with Gasteiger partial charge in [0.15, 0.2) is 0 Å². The number of rotatable bonds is 10. The Kier molecular flexibility index (Phi) is 8.64. The van der Waals surface area contributed by atoms with Crippen molar-refractivity contribution in [1.82, 2.24) is 10.2 Å². The molecule has 0 aromatic heterocycles. The van der Waals surface area contributed by atoms with Crippen LogP contribution in [0.1, 0.15) is 34.8 Å². The lowest BCUT2D eigenvalue weighted by atomic mass is 10.0. The Balaban J connectivity index is 1.48. The molecule has 0 fully saturated rings. The standard InChI is InChI=1S/C27H29ClN2O3/c1-3-25(27(32)33)30(2)18-20-6-4-19(5-7-20)16-17-29-26(31)23-10-8-21(9-11-23)22-12-14-24(28)15-13-22/h4-15,25H,3,16-18H2,1-2H3,(H,29,31)(H,32,33). The van der Waals surface area contributed by atoms with Gasteiger partial charge in [0.2, 0.25) is 0 Å². The number of carboxylic acid groups (broad SMARTS) is 1. The molecular formula is C27H29ClN2O3. The molecule has 3 aromatic rings. The van der Waals surface area contributed by atoms with Crippen LogP contribution in [0.4, 0.5) is 0 Å². The number of hydrogen-bond acceptors (Lipinski definition) is 3. The van der Waals surface area contributed by atoms with Crippen molar-refractivity contribution in [2.24, 2.45) is 0 Å². The van der Waals surface area contributed by atoms with Crippen LogP contribution in [0.3, 0.4) is 0 Å². The SMILES string of the molecule is CCC(C(=O)O)N(C)Cc1ccc(CCNC(=O)c2ccc(-c3ccc(Cl)cc3)cc2)cc1. The molecule has 0 aliphatic carbocycles. The van der Waals surface area contributed by atoms with E-state index in [-0.39, 0.29) is 5.91 Å². The van der Waals surface area contributed by atoms with E-state index in [0.29, 0.717) is 30.1 Å². The second-order valence-electron chi connectivity index (χ2n) is 8.08. The summed E-state index contributed by atoms with van der Waals surface area (Å²) in [7, 11) is 1.83. The van der Waals surface area contributed by atoms with E-state index >= 15 is 0 Å². The third-order valence-corrected chi connectivity index (χ3v) is 5.93. The molecule has 0 saturated carbocycles. The maximum absolute atomic E-state index is 12.5. The molecule has 1 amide bonds. The molecule has 0 saturated heterocycles. The minimum Gasteiger partial charge on any atom is -0.480 e. The summed E-state index contributed by atoms with van der Waals surface area (Å²) in [5.41, 5.74) is 4.88. The summed E-state index contributed by atoms with van der Waals surface area (Å²) in [4.78, 5) is 25.6. The average molecular weight is 465 g/mol. The quantitative estimate of drug-likeness (QED) is 0.428. The van der Waals surface area contributed by atoms with E-state index in [1.54, 1.807) is 0 Å². The lowest BCUT2D eigenvalue weighted by molar-refractivity contribution is -0.143. The van der Waals surface area contributed by atoms with Gasteiger partial charge in [-0.15, -0.1) is 0 Å². The van der Waals surface area contributed by atoms with Gasteiger partial charge in [0.1, 0.15) is 6.04 Å². The van der Waals surface area contributed by atoms with E-state index in [4.69, 9.17) is 11.6 Å². The fraction of sp³-hybridized carbons (Fsp3) is 0.259. The molecule has 0 spiro atoms. The van der Waals surface area contributed by atoms with Gasteiger partial charge in [0.25, 0.3) is 5.91 Å². The Bertz CT molecular complexity index is 1060. The van der Waals surface area contributed by atoms with Gasteiger partial charge in [0.05, 0.1) is 0 Å². The number of likely N-dealkylation sites (N-methyl/N-ethyl adjacent to an activating group) is 1. The topological polar surface area (TPSA) is 69.6 Å². The number of nitrogens with zero attached hydrogens (tertiary/aromatic N) is 1. The van der Waals surface area contributed by atoms with Crippen molar-refractivity contribution in [3.05, 3.63) is 94.5 Å². The first-order chi connectivity index (χ1) is 15.9. The van der Waals surface area contributed by atoms with E-state index in [1.807, 2.05) is 91.7 Å². The highest BCUT2D eigenvalue weighted by atomic mass is 35.5. The fourth-order valence-corrected chi connectivity index (χ4v) is 3.89. The molecule has 0 heterocycles. The number of benzene rings is 3. The monoisotopic (exact) mass is 464 g/mol. The van der Waals surface area contributed by atoms with Gasteiger partial charge in [0, 0.05) is 23.7 Å². The third-order valence-electron chi connectivity index (χ3n) is 5.68. The Hall–Kier alpha value is -3.15. The van der Waals surface area contributed by atoms with E-state index in [1.165, 1.54) is 0 Å². The number of carboxylic acids is 1. The van der Waals surface area contributed by atoms with E-state index in [0.717, 1.165) is 28.7 Å². The van der Waals surface area contributed by atoms with Crippen LogP contribution in [0, 0.1) is 0 Å². The molecule has 33 heavy (non-hydrogen) atoms. The van der Waals surface area contributed by atoms with Crippen LogP contribution in [0.15, 0.2) is 72.8 Å². The molecule has 6 heteroatoms. The number of carbonyl (C=O) groups is 2. The fourth-order valence-electron chi connectivity index (χ4n) is 3.76. The highest BCUT2D eigenvalue weighted by Gasteiger charge is 2.20. The van der Waals surface area contributed by atoms with Crippen LogP contribution in [0.5, 0.6) is 0 Å². The molecule has 0 bridgehead atoms. The first kappa shape index (κ1) is 24.5. The molecule has 0 aliphatic heterocycles. The van der Waals surface area contributed by atoms with Crippen LogP contribution < -0.4 is 5.32 Å². The van der Waals surface area contributed by atoms with E-state index in [9.17, 15) is 14.7 Å². The van der Waals surface area contributed by atoms with Gasteiger partial charge in [-0.05, 0) is 66.4 Å². The zero-order valence-corrected chi connectivity index (χ0v) is 19.7. The molecule has 0 radical (unpaired) electrons. The highest BCUT2D eigenvalue weighted by Crippen LogP contribution is 2.22. The number of carbonyl (C=O) groups excluding carboxylic acids is 1. The van der Waals surface area contributed by atoms with E-state index in [2.05, 4.69) is 5.32 Å². The first-order valence-electron chi connectivity index (χ1n) is 11.0. The van der Waals surface area contributed by atoms with Crippen LogP contribution in [-0.4, -0.2) is 41.5 Å². The summed E-state index contributed by atoms with van der Waals surface area (Å²) in [6.45, 7) is 2.99. The summed E-state index contributed by atoms with van der Waals surface area (Å²) in [6, 6.07) is 22.7. The third kappa shape index (κ3) is 6.91. The van der Waals surface area contributed by atoms with E-state index < -0.39 is 12.0 Å². The normalized spacial score (nSPS) is 11.9. The summed E-state index contributed by atoms with van der Waals surface area (Å²) in [5.74, 6) is -0.901. The predicted molar refractivity (Wildman–Crippen MR) is 133 cm³/mol. The maximum atomic E-state index is 12.5. The molecule has 3 rings (SSSR count). The molecule has 1 unspecified atom stereocenters. The van der Waals surface area contributed by atoms with Crippen molar-refractivity contribution in [2.75, 3.05) is 13.6 Å². The van der Waals surface area contributed by atoms with Crippen LogP contribution in [0.2, 0.25) is 5.02 Å². The first-order valence-corrected chi connectivity index (χ1v) is 11.4. The molecule has 0 aliphatic rings. The summed E-state index contributed by atoms with van der Waals surface area (Å²) in [6.07, 6.45) is 1.28. The average Bonchev–Trinajstić information content (AvgIpc) is 2.81. The Labute approximate surface area is 200 Å². The lowest BCUT2D eigenvalue weighted by Crippen LogP contribution is -2.37. The van der Waals surface area contributed by atoms with Crippen LogP contribution >= 0.6 is 11.6 Å². The van der Waals surface area contributed by atoms with Crippen molar-refractivity contribution >= 4 is 23.5 Å². The van der Waals surface area contributed by atoms with Gasteiger partial charge in [-0.25, -0.2) is 0 Å². The summed E-state index contributed by atoms with van der Waals surface area (Å²) in [5, 5.41) is 12.9. The van der Waals surface area contributed by atoms with Crippen LogP contribution in [-0.2, 0) is 17.8 Å². The molecule has 3 aromatic carbocycles. The lowest BCUT2D eigenvalue weighted by Gasteiger charge is -2.23. The second-order valence-corrected chi connectivity index (χ2v) is 8.52.